The molecule has 1 aliphatic rings. The zero-order valence-electron chi connectivity index (χ0n) is 18.0. The quantitative estimate of drug-likeness (QED) is 0.390. The zero-order valence-corrected chi connectivity index (χ0v) is 20.3. The van der Waals surface area contributed by atoms with E-state index in [1.54, 1.807) is 36.8 Å². The number of hydrogen-bond acceptors (Lipinski definition) is 6. The van der Waals surface area contributed by atoms with Crippen molar-refractivity contribution in [2.75, 3.05) is 13.2 Å². The van der Waals surface area contributed by atoms with Gasteiger partial charge in [-0.15, -0.1) is 0 Å². The van der Waals surface area contributed by atoms with Gasteiger partial charge in [0.05, 0.1) is 31.0 Å². The Balaban J connectivity index is 1.44. The van der Waals surface area contributed by atoms with Crippen LogP contribution in [-0.2, 0) is 36.7 Å². The maximum Gasteiger partial charge on any atom is 0.297 e. The van der Waals surface area contributed by atoms with E-state index in [2.05, 4.69) is 4.98 Å². The molecule has 1 saturated heterocycles. The molecular weight excluding hydrogens is 487 g/mol. The Kier molecular flexibility index (Phi) is 7.43. The number of rotatable bonds is 9. The lowest BCUT2D eigenvalue weighted by molar-refractivity contribution is -0.184. The highest BCUT2D eigenvalue weighted by Crippen LogP contribution is 2.33. The number of aromatic nitrogens is 2. The SMILES string of the molecule is Cc1ccc(S(=O)(=O)OCC2COC(CCc3ccc(Cl)cc3Cl)(Cn3ccnc3)O2)cc1. The van der Waals surface area contributed by atoms with Gasteiger partial charge in [0.2, 0.25) is 0 Å². The first-order valence-electron chi connectivity index (χ1n) is 10.4. The standard InChI is InChI=1S/C23H24Cl2N2O5S/c1-17-2-6-21(7-3-17)33(28,29)31-14-20-13-30-23(32-20,15-27-11-10-26-16-27)9-8-18-4-5-19(24)12-22(18)25/h2-7,10-12,16,20H,8-9,13-15H2,1H3. The van der Waals surface area contributed by atoms with Gasteiger partial charge < -0.3 is 14.0 Å². The van der Waals surface area contributed by atoms with E-state index in [0.717, 1.165) is 11.1 Å². The molecule has 4 rings (SSSR count). The second-order valence-corrected chi connectivity index (χ2v) is 10.4. The molecule has 0 N–H and O–H groups in total. The number of aryl methyl sites for hydroxylation is 2. The summed E-state index contributed by atoms with van der Waals surface area (Å²) < 4.78 is 44.5. The highest BCUT2D eigenvalue weighted by Gasteiger charge is 2.42. The second-order valence-electron chi connectivity index (χ2n) is 7.98. The molecule has 0 spiro atoms. The Labute approximate surface area is 203 Å². The van der Waals surface area contributed by atoms with E-state index in [1.807, 2.05) is 23.8 Å². The third-order valence-corrected chi connectivity index (χ3v) is 7.29. The molecule has 10 heteroatoms. The molecule has 7 nitrogen and oxygen atoms in total. The minimum absolute atomic E-state index is 0.106. The average molecular weight is 511 g/mol. The van der Waals surface area contributed by atoms with Crippen LogP contribution < -0.4 is 0 Å². The third kappa shape index (κ3) is 6.15. The Hall–Kier alpha value is -1.94. The van der Waals surface area contributed by atoms with Crippen LogP contribution in [0.15, 0.2) is 66.1 Å². The van der Waals surface area contributed by atoms with Crippen LogP contribution >= 0.6 is 23.2 Å². The first-order chi connectivity index (χ1) is 15.7. The van der Waals surface area contributed by atoms with Crippen molar-refractivity contribution in [3.8, 4) is 0 Å². The van der Waals surface area contributed by atoms with Gasteiger partial charge in [0, 0.05) is 28.9 Å². The van der Waals surface area contributed by atoms with Gasteiger partial charge in [0.1, 0.15) is 6.10 Å². The number of halogens is 2. The molecule has 0 aliphatic carbocycles. The van der Waals surface area contributed by atoms with E-state index in [9.17, 15) is 8.42 Å². The Morgan fingerprint density at radius 3 is 2.70 bits per heavy atom. The molecule has 1 fully saturated rings. The van der Waals surface area contributed by atoms with Crippen LogP contribution in [0.2, 0.25) is 10.0 Å². The first-order valence-corrected chi connectivity index (χ1v) is 12.6. The summed E-state index contributed by atoms with van der Waals surface area (Å²) in [5, 5.41) is 1.14. The van der Waals surface area contributed by atoms with Crippen LogP contribution in [0.3, 0.4) is 0 Å². The molecule has 2 atom stereocenters. The van der Waals surface area contributed by atoms with Crippen molar-refractivity contribution in [3.05, 3.63) is 82.4 Å². The fraction of sp³-hybridized carbons (Fsp3) is 0.348. The number of ether oxygens (including phenoxy) is 2. The van der Waals surface area contributed by atoms with E-state index >= 15 is 0 Å². The molecule has 1 aromatic heterocycles. The van der Waals surface area contributed by atoms with Crippen LogP contribution in [0.4, 0.5) is 0 Å². The van der Waals surface area contributed by atoms with Gasteiger partial charge in [-0.05, 0) is 43.2 Å². The lowest BCUT2D eigenvalue weighted by atomic mass is 10.0. The molecule has 0 amide bonds. The summed E-state index contributed by atoms with van der Waals surface area (Å²) in [4.78, 5) is 4.18. The van der Waals surface area contributed by atoms with Crippen molar-refractivity contribution in [3.63, 3.8) is 0 Å². The second kappa shape index (κ2) is 10.1. The molecule has 3 aromatic rings. The minimum atomic E-state index is -3.90. The Morgan fingerprint density at radius 1 is 1.21 bits per heavy atom. The van der Waals surface area contributed by atoms with Crippen molar-refractivity contribution in [1.29, 1.82) is 0 Å². The van der Waals surface area contributed by atoms with Crippen LogP contribution in [0, 0.1) is 6.92 Å². The van der Waals surface area contributed by atoms with Crippen LogP contribution in [0.25, 0.3) is 0 Å². The van der Waals surface area contributed by atoms with Crippen molar-refractivity contribution in [2.24, 2.45) is 0 Å². The maximum absolute atomic E-state index is 12.5. The van der Waals surface area contributed by atoms with Gasteiger partial charge in [-0.3, -0.25) is 4.18 Å². The van der Waals surface area contributed by atoms with E-state index in [4.69, 9.17) is 36.9 Å². The highest BCUT2D eigenvalue weighted by molar-refractivity contribution is 7.86. The molecule has 2 aromatic carbocycles. The third-order valence-electron chi connectivity index (χ3n) is 5.41. The van der Waals surface area contributed by atoms with E-state index in [-0.39, 0.29) is 18.1 Å². The predicted molar refractivity (Wildman–Crippen MR) is 125 cm³/mol. The summed E-state index contributed by atoms with van der Waals surface area (Å²) in [6, 6.07) is 11.9. The zero-order chi connectivity index (χ0) is 23.5. The van der Waals surface area contributed by atoms with Gasteiger partial charge in [0.25, 0.3) is 10.1 Å². The van der Waals surface area contributed by atoms with Crippen molar-refractivity contribution >= 4 is 33.3 Å². The largest absolute Gasteiger partial charge is 0.345 e. The average Bonchev–Trinajstić information content (AvgIpc) is 3.43. The molecule has 33 heavy (non-hydrogen) atoms. The van der Waals surface area contributed by atoms with Gasteiger partial charge in [0.15, 0.2) is 5.79 Å². The predicted octanol–water partition coefficient (Wildman–Crippen LogP) is 4.65. The molecule has 2 heterocycles. The summed E-state index contributed by atoms with van der Waals surface area (Å²) >= 11 is 12.3. The Bertz CT molecular complexity index is 1190. The summed E-state index contributed by atoms with van der Waals surface area (Å²) in [7, 11) is -3.90. The van der Waals surface area contributed by atoms with E-state index < -0.39 is 22.0 Å². The molecule has 0 bridgehead atoms. The molecule has 0 saturated carbocycles. The Morgan fingerprint density at radius 2 is 2.00 bits per heavy atom. The molecule has 176 valence electrons. The van der Waals surface area contributed by atoms with Crippen LogP contribution in [0.1, 0.15) is 17.5 Å². The lowest BCUT2D eigenvalue weighted by Gasteiger charge is -2.29. The maximum atomic E-state index is 12.5. The van der Waals surface area contributed by atoms with E-state index in [0.29, 0.717) is 29.4 Å². The van der Waals surface area contributed by atoms with Gasteiger partial charge in [-0.25, -0.2) is 4.98 Å². The van der Waals surface area contributed by atoms with Gasteiger partial charge >= 0.3 is 0 Å². The topological polar surface area (TPSA) is 79.7 Å². The van der Waals surface area contributed by atoms with Crippen LogP contribution in [-0.4, -0.2) is 43.1 Å². The monoisotopic (exact) mass is 510 g/mol. The van der Waals surface area contributed by atoms with Crippen molar-refractivity contribution < 1.29 is 22.1 Å². The van der Waals surface area contributed by atoms with Gasteiger partial charge in [-0.2, -0.15) is 8.42 Å². The van der Waals surface area contributed by atoms with E-state index in [1.165, 1.54) is 12.1 Å². The van der Waals surface area contributed by atoms with Crippen LogP contribution in [0.5, 0.6) is 0 Å². The summed E-state index contributed by atoms with van der Waals surface area (Å²) in [6.07, 6.45) is 5.70. The highest BCUT2D eigenvalue weighted by atomic mass is 35.5. The number of imidazole rings is 1. The van der Waals surface area contributed by atoms with Crippen molar-refractivity contribution in [2.45, 2.75) is 43.1 Å². The summed E-state index contributed by atoms with van der Waals surface area (Å²) in [5.41, 5.74) is 1.88. The molecular formula is C23H24Cl2N2O5S. The molecule has 2 unspecified atom stereocenters. The number of hydrogen-bond donors (Lipinski definition) is 0. The number of benzene rings is 2. The normalized spacial score (nSPS) is 20.9. The lowest BCUT2D eigenvalue weighted by Crippen LogP contribution is -2.37. The fourth-order valence-corrected chi connectivity index (χ4v) is 5.08. The van der Waals surface area contributed by atoms with Crippen molar-refractivity contribution in [1.82, 2.24) is 9.55 Å². The first kappa shape index (κ1) is 24.2. The summed E-state index contributed by atoms with van der Waals surface area (Å²) in [6.45, 7) is 2.33. The minimum Gasteiger partial charge on any atom is -0.345 e. The number of nitrogens with zero attached hydrogens (tertiary/aromatic N) is 2. The van der Waals surface area contributed by atoms with Gasteiger partial charge in [-0.1, -0.05) is 47.0 Å². The smallest absolute Gasteiger partial charge is 0.297 e. The molecule has 0 radical (unpaired) electrons. The molecule has 1 aliphatic heterocycles. The summed E-state index contributed by atoms with van der Waals surface area (Å²) in [5.74, 6) is -0.981. The fourth-order valence-electron chi connectivity index (χ4n) is 3.64.